The van der Waals surface area contributed by atoms with Crippen LogP contribution in [0, 0.1) is 5.92 Å². The van der Waals surface area contributed by atoms with Gasteiger partial charge in [-0.3, -0.25) is 4.99 Å². The third kappa shape index (κ3) is 3.70. The normalized spacial score (nSPS) is 10.6. The van der Waals surface area contributed by atoms with Crippen molar-refractivity contribution in [2.75, 3.05) is 6.54 Å². The monoisotopic (exact) mass is 246 g/mol. The second-order valence-electron chi connectivity index (χ2n) is 4.73. The van der Waals surface area contributed by atoms with Crippen molar-refractivity contribution in [3.05, 3.63) is 29.8 Å². The smallest absolute Gasteiger partial charge is 0.146 e. The maximum atomic E-state index is 10.1. The van der Waals surface area contributed by atoms with Gasteiger partial charge in [0.2, 0.25) is 0 Å². The highest BCUT2D eigenvalue weighted by Crippen LogP contribution is 2.34. The van der Waals surface area contributed by atoms with Gasteiger partial charge in [-0.2, -0.15) is 0 Å². The van der Waals surface area contributed by atoms with Crippen molar-refractivity contribution in [1.29, 1.82) is 0 Å². The van der Waals surface area contributed by atoms with E-state index in [0.717, 1.165) is 24.1 Å². The fourth-order valence-electron chi connectivity index (χ4n) is 1.72. The average Bonchev–Trinajstić information content (AvgIpc) is 2.35. The first-order valence-corrected chi connectivity index (χ1v) is 6.24. The van der Waals surface area contributed by atoms with Crippen LogP contribution in [-0.4, -0.2) is 18.4 Å². The molecular weight excluding hydrogens is 224 g/mol. The lowest BCUT2D eigenvalue weighted by molar-refractivity contribution is 0.463. The Morgan fingerprint density at radius 2 is 2.17 bits per heavy atom. The molecule has 0 fully saturated rings. The Bertz CT molecular complexity index is 425. The van der Waals surface area contributed by atoms with E-state index in [9.17, 15) is 5.11 Å². The minimum atomic E-state index is 0.194. The van der Waals surface area contributed by atoms with Crippen LogP contribution in [-0.2, 0) is 6.54 Å². The molecule has 18 heavy (non-hydrogen) atoms. The fraction of sp³-hybridized carbons (Fsp3) is 0.400. The number of aliphatic imine (C=N–C) groups is 1. The van der Waals surface area contributed by atoms with E-state index in [4.69, 9.17) is 0 Å². The van der Waals surface area contributed by atoms with Crippen molar-refractivity contribution in [2.24, 2.45) is 10.9 Å². The van der Waals surface area contributed by atoms with Gasteiger partial charge < -0.3 is 10.4 Å². The lowest BCUT2D eigenvalue weighted by atomic mass is 10.1. The molecule has 1 aromatic carbocycles. The maximum Gasteiger partial charge on any atom is 0.146 e. The fourth-order valence-corrected chi connectivity index (χ4v) is 1.72. The highest BCUT2D eigenvalue weighted by atomic mass is 16.3. The van der Waals surface area contributed by atoms with Crippen LogP contribution in [0.3, 0.4) is 0 Å². The van der Waals surface area contributed by atoms with E-state index in [0.29, 0.717) is 18.2 Å². The lowest BCUT2D eigenvalue weighted by Crippen LogP contribution is -2.16. The number of phenols is 1. The zero-order chi connectivity index (χ0) is 13.5. The van der Waals surface area contributed by atoms with Gasteiger partial charge in [0.25, 0.3) is 0 Å². The van der Waals surface area contributed by atoms with Crippen molar-refractivity contribution in [1.82, 2.24) is 5.32 Å². The standard InChI is InChI=1S/C15H22N2O/c1-5-12-6-7-13(15(18)14(12)16-4)10-17-9-8-11(2)3/h5-7,11,17-18H,1,4,8-10H2,2-3H3. The molecule has 0 saturated carbocycles. The third-order valence-corrected chi connectivity index (χ3v) is 2.86. The summed E-state index contributed by atoms with van der Waals surface area (Å²) < 4.78 is 0. The van der Waals surface area contributed by atoms with Gasteiger partial charge in [0.1, 0.15) is 11.4 Å². The van der Waals surface area contributed by atoms with E-state index in [-0.39, 0.29) is 5.75 Å². The van der Waals surface area contributed by atoms with Crippen LogP contribution in [0.5, 0.6) is 5.75 Å². The first-order valence-electron chi connectivity index (χ1n) is 6.24. The molecule has 0 radical (unpaired) electrons. The van der Waals surface area contributed by atoms with E-state index < -0.39 is 0 Å². The molecule has 3 nitrogen and oxygen atoms in total. The minimum Gasteiger partial charge on any atom is -0.505 e. The number of nitrogens with zero attached hydrogens (tertiary/aromatic N) is 1. The predicted molar refractivity (Wildman–Crippen MR) is 78.6 cm³/mol. The second kappa shape index (κ2) is 6.97. The van der Waals surface area contributed by atoms with Crippen LogP contribution in [0.4, 0.5) is 5.69 Å². The molecule has 98 valence electrons. The largest absolute Gasteiger partial charge is 0.505 e. The number of rotatable bonds is 7. The lowest BCUT2D eigenvalue weighted by Gasteiger charge is -2.11. The van der Waals surface area contributed by atoms with Gasteiger partial charge in [-0.15, -0.1) is 0 Å². The highest BCUT2D eigenvalue weighted by Gasteiger charge is 2.09. The zero-order valence-electron chi connectivity index (χ0n) is 11.2. The van der Waals surface area contributed by atoms with Crippen LogP contribution >= 0.6 is 0 Å². The topological polar surface area (TPSA) is 44.6 Å². The summed E-state index contributed by atoms with van der Waals surface area (Å²) in [5.74, 6) is 0.874. The first-order chi connectivity index (χ1) is 8.60. The van der Waals surface area contributed by atoms with Crippen molar-refractivity contribution in [3.8, 4) is 5.75 Å². The maximum absolute atomic E-state index is 10.1. The number of benzene rings is 1. The highest BCUT2D eigenvalue weighted by molar-refractivity contribution is 5.72. The van der Waals surface area contributed by atoms with Crippen LogP contribution < -0.4 is 5.32 Å². The predicted octanol–water partition coefficient (Wildman–Crippen LogP) is 3.50. The van der Waals surface area contributed by atoms with E-state index >= 15 is 0 Å². The molecule has 0 atom stereocenters. The number of aromatic hydroxyl groups is 1. The molecular formula is C15H22N2O. The second-order valence-corrected chi connectivity index (χ2v) is 4.73. The van der Waals surface area contributed by atoms with Crippen molar-refractivity contribution < 1.29 is 5.11 Å². The molecule has 0 aliphatic carbocycles. The summed E-state index contributed by atoms with van der Waals surface area (Å²) in [6.45, 7) is 13.1. The molecule has 0 aliphatic heterocycles. The van der Waals surface area contributed by atoms with Crippen molar-refractivity contribution in [3.63, 3.8) is 0 Å². The molecule has 0 spiro atoms. The Balaban J connectivity index is 2.72. The number of hydrogen-bond acceptors (Lipinski definition) is 3. The molecule has 1 aromatic rings. The SMILES string of the molecule is C=Cc1ccc(CNCCC(C)C)c(O)c1N=C. The van der Waals surface area contributed by atoms with E-state index in [1.165, 1.54) is 0 Å². The van der Waals surface area contributed by atoms with Crippen LogP contribution in [0.15, 0.2) is 23.7 Å². The summed E-state index contributed by atoms with van der Waals surface area (Å²) in [6.07, 6.45) is 2.79. The molecule has 0 unspecified atom stereocenters. The van der Waals surface area contributed by atoms with Gasteiger partial charge in [-0.05, 0) is 25.6 Å². The first kappa shape index (κ1) is 14.5. The van der Waals surface area contributed by atoms with Crippen LogP contribution in [0.2, 0.25) is 0 Å². The molecule has 0 aliphatic rings. The van der Waals surface area contributed by atoms with Crippen molar-refractivity contribution >= 4 is 18.5 Å². The summed E-state index contributed by atoms with van der Waals surface area (Å²) in [5.41, 5.74) is 2.15. The zero-order valence-corrected chi connectivity index (χ0v) is 11.2. The van der Waals surface area contributed by atoms with Gasteiger partial charge in [0.05, 0.1) is 0 Å². The van der Waals surface area contributed by atoms with Gasteiger partial charge in [0.15, 0.2) is 0 Å². The average molecular weight is 246 g/mol. The molecule has 0 heterocycles. The number of hydrogen-bond donors (Lipinski definition) is 2. The molecule has 0 saturated heterocycles. The summed E-state index contributed by atoms with van der Waals surface area (Å²) in [6, 6.07) is 3.79. The quantitative estimate of drug-likeness (QED) is 0.571. The van der Waals surface area contributed by atoms with Gasteiger partial charge >= 0.3 is 0 Å². The van der Waals surface area contributed by atoms with Crippen LogP contribution in [0.25, 0.3) is 6.08 Å². The number of phenolic OH excluding ortho intramolecular Hbond substituents is 1. The summed E-state index contributed by atoms with van der Waals surface area (Å²) in [7, 11) is 0. The number of nitrogens with one attached hydrogen (secondary N) is 1. The summed E-state index contributed by atoms with van der Waals surface area (Å²) in [5, 5.41) is 13.4. The van der Waals surface area contributed by atoms with E-state index in [1.54, 1.807) is 6.08 Å². The Morgan fingerprint density at radius 1 is 1.44 bits per heavy atom. The Hall–Kier alpha value is -1.61. The summed E-state index contributed by atoms with van der Waals surface area (Å²) >= 11 is 0. The minimum absolute atomic E-state index is 0.194. The molecule has 0 aromatic heterocycles. The van der Waals surface area contributed by atoms with Crippen LogP contribution in [0.1, 0.15) is 31.4 Å². The molecule has 2 N–H and O–H groups in total. The third-order valence-electron chi connectivity index (χ3n) is 2.86. The Labute approximate surface area is 109 Å². The molecule has 1 rings (SSSR count). The van der Waals surface area contributed by atoms with E-state index in [1.807, 2.05) is 12.1 Å². The molecule has 0 bridgehead atoms. The molecule has 3 heteroatoms. The van der Waals surface area contributed by atoms with Gasteiger partial charge in [0, 0.05) is 17.7 Å². The van der Waals surface area contributed by atoms with Crippen molar-refractivity contribution in [2.45, 2.75) is 26.8 Å². The van der Waals surface area contributed by atoms with Gasteiger partial charge in [-0.25, -0.2) is 0 Å². The van der Waals surface area contributed by atoms with E-state index in [2.05, 4.69) is 37.5 Å². The Kier molecular flexibility index (Phi) is 5.59. The van der Waals surface area contributed by atoms with Gasteiger partial charge in [-0.1, -0.05) is 38.6 Å². The molecule has 0 amide bonds. The Morgan fingerprint density at radius 3 is 2.72 bits per heavy atom. The summed E-state index contributed by atoms with van der Waals surface area (Å²) in [4.78, 5) is 3.86.